The molecule has 0 spiro atoms. The summed E-state index contributed by atoms with van der Waals surface area (Å²) in [6, 6.07) is 16.2. The van der Waals surface area contributed by atoms with Gasteiger partial charge in [0.2, 0.25) is 5.78 Å². The fraction of sp³-hybridized carbons (Fsp3) is 0.0556. The fourth-order valence-electron chi connectivity index (χ4n) is 2.65. The smallest absolute Gasteiger partial charge is 0.205 e. The normalized spacial score (nSPS) is 11.3. The van der Waals surface area contributed by atoms with Crippen LogP contribution in [0.15, 0.2) is 54.7 Å². The van der Waals surface area contributed by atoms with Crippen LogP contribution >= 0.6 is 11.3 Å². The topological polar surface area (TPSA) is 32.9 Å². The van der Waals surface area contributed by atoms with Gasteiger partial charge in [0.15, 0.2) is 0 Å². The summed E-state index contributed by atoms with van der Waals surface area (Å²) in [5.74, 6) is 0.0908. The zero-order chi connectivity index (χ0) is 14.4. The van der Waals surface area contributed by atoms with Gasteiger partial charge in [-0.25, -0.2) is 0 Å². The number of hydrogen-bond acceptors (Lipinski definition) is 2. The van der Waals surface area contributed by atoms with Gasteiger partial charge < -0.3 is 4.98 Å². The lowest BCUT2D eigenvalue weighted by molar-refractivity contribution is 0.104. The highest BCUT2D eigenvalue weighted by atomic mass is 32.1. The summed E-state index contributed by atoms with van der Waals surface area (Å²) in [7, 11) is 0. The van der Waals surface area contributed by atoms with Crippen molar-refractivity contribution in [3.05, 3.63) is 70.7 Å². The standard InChI is InChI=1S/C18H13NOS/c1-11-6-7-15-13(8-11)14(10-19-15)18(20)17-9-12-4-2-3-5-16(12)21-17/h2-10,19H,1H3. The van der Waals surface area contributed by atoms with Gasteiger partial charge in [-0.2, -0.15) is 0 Å². The van der Waals surface area contributed by atoms with Gasteiger partial charge in [-0.3, -0.25) is 4.79 Å². The van der Waals surface area contributed by atoms with Gasteiger partial charge in [0.25, 0.3) is 0 Å². The maximum absolute atomic E-state index is 12.8. The molecule has 2 heterocycles. The summed E-state index contributed by atoms with van der Waals surface area (Å²) in [5.41, 5.74) is 2.91. The zero-order valence-corrected chi connectivity index (χ0v) is 12.3. The highest BCUT2D eigenvalue weighted by Crippen LogP contribution is 2.29. The third kappa shape index (κ3) is 1.98. The molecule has 0 aliphatic carbocycles. The number of hydrogen-bond donors (Lipinski definition) is 1. The number of carbonyl (C=O) groups excluding carboxylic acids is 1. The van der Waals surface area contributed by atoms with E-state index >= 15 is 0 Å². The largest absolute Gasteiger partial charge is 0.360 e. The first-order chi connectivity index (χ1) is 10.2. The van der Waals surface area contributed by atoms with Gasteiger partial charge in [-0.1, -0.05) is 29.8 Å². The van der Waals surface area contributed by atoms with Crippen molar-refractivity contribution in [1.82, 2.24) is 4.98 Å². The third-order valence-corrected chi connectivity index (χ3v) is 4.85. The Morgan fingerprint density at radius 3 is 2.81 bits per heavy atom. The molecule has 0 aliphatic rings. The quantitative estimate of drug-likeness (QED) is 0.522. The van der Waals surface area contributed by atoms with Crippen LogP contribution in [0.5, 0.6) is 0 Å². The number of fused-ring (bicyclic) bond motifs is 2. The Kier molecular flexibility index (Phi) is 2.69. The Morgan fingerprint density at radius 1 is 1.10 bits per heavy atom. The number of H-pyrrole nitrogens is 1. The van der Waals surface area contributed by atoms with Crippen molar-refractivity contribution in [2.45, 2.75) is 6.92 Å². The average Bonchev–Trinajstić information content (AvgIpc) is 3.09. The molecular weight excluding hydrogens is 278 g/mol. The Morgan fingerprint density at radius 2 is 1.95 bits per heavy atom. The van der Waals surface area contributed by atoms with E-state index in [1.807, 2.05) is 49.5 Å². The number of nitrogens with one attached hydrogen (secondary N) is 1. The molecule has 0 fully saturated rings. The number of benzene rings is 2. The number of aromatic amines is 1. The summed E-state index contributed by atoms with van der Waals surface area (Å²) in [6.45, 7) is 2.04. The maximum Gasteiger partial charge on any atom is 0.205 e. The molecule has 0 amide bonds. The molecule has 0 atom stereocenters. The lowest BCUT2D eigenvalue weighted by atomic mass is 10.1. The van der Waals surface area contributed by atoms with Crippen molar-refractivity contribution in [2.75, 3.05) is 0 Å². The van der Waals surface area contributed by atoms with Gasteiger partial charge in [0.1, 0.15) is 0 Å². The highest BCUT2D eigenvalue weighted by Gasteiger charge is 2.16. The first-order valence-electron chi connectivity index (χ1n) is 6.83. The minimum Gasteiger partial charge on any atom is -0.360 e. The van der Waals surface area contributed by atoms with Crippen LogP contribution in [0.1, 0.15) is 20.8 Å². The predicted octanol–water partition coefficient (Wildman–Crippen LogP) is 4.92. The third-order valence-electron chi connectivity index (χ3n) is 3.73. The van der Waals surface area contributed by atoms with Gasteiger partial charge in [-0.15, -0.1) is 11.3 Å². The molecule has 0 saturated heterocycles. The molecule has 0 bridgehead atoms. The summed E-state index contributed by atoms with van der Waals surface area (Å²) < 4.78 is 1.15. The van der Waals surface area contributed by atoms with Crippen molar-refractivity contribution in [2.24, 2.45) is 0 Å². The number of rotatable bonds is 2. The summed E-state index contributed by atoms with van der Waals surface area (Å²) in [4.78, 5) is 16.8. The molecule has 3 heteroatoms. The van der Waals surface area contributed by atoms with E-state index in [2.05, 4.69) is 17.1 Å². The Balaban J connectivity index is 1.87. The predicted molar refractivity (Wildman–Crippen MR) is 88.3 cm³/mol. The molecule has 2 aromatic carbocycles. The second-order valence-electron chi connectivity index (χ2n) is 5.23. The highest BCUT2D eigenvalue weighted by molar-refractivity contribution is 7.21. The Bertz CT molecular complexity index is 944. The zero-order valence-electron chi connectivity index (χ0n) is 11.5. The van der Waals surface area contributed by atoms with E-state index in [9.17, 15) is 4.79 Å². The molecule has 0 radical (unpaired) electrons. The molecule has 21 heavy (non-hydrogen) atoms. The van der Waals surface area contributed by atoms with Crippen molar-refractivity contribution in [1.29, 1.82) is 0 Å². The van der Waals surface area contributed by atoms with Crippen LogP contribution < -0.4 is 0 Å². The minimum absolute atomic E-state index is 0.0908. The van der Waals surface area contributed by atoms with E-state index in [0.717, 1.165) is 37.0 Å². The number of ketones is 1. The van der Waals surface area contributed by atoms with Gasteiger partial charge >= 0.3 is 0 Å². The second kappa shape index (κ2) is 4.57. The molecule has 4 rings (SSSR count). The van der Waals surface area contributed by atoms with E-state index in [0.29, 0.717) is 0 Å². The van der Waals surface area contributed by atoms with E-state index < -0.39 is 0 Å². The molecule has 0 aliphatic heterocycles. The van der Waals surface area contributed by atoms with Crippen LogP contribution in [0.25, 0.3) is 21.0 Å². The molecule has 1 N–H and O–H groups in total. The SMILES string of the molecule is Cc1ccc2[nH]cc(C(=O)c3cc4ccccc4s3)c2c1. The summed E-state index contributed by atoms with van der Waals surface area (Å²) in [5, 5.41) is 2.12. The van der Waals surface area contributed by atoms with Gasteiger partial charge in [0.05, 0.1) is 4.88 Å². The first-order valence-corrected chi connectivity index (χ1v) is 7.65. The fourth-order valence-corrected chi connectivity index (χ4v) is 3.67. The maximum atomic E-state index is 12.8. The van der Waals surface area contributed by atoms with Crippen molar-refractivity contribution >= 4 is 38.1 Å². The Labute approximate surface area is 126 Å². The van der Waals surface area contributed by atoms with Crippen LogP contribution in [0.4, 0.5) is 0 Å². The van der Waals surface area contributed by atoms with Crippen LogP contribution in [-0.2, 0) is 0 Å². The summed E-state index contributed by atoms with van der Waals surface area (Å²) in [6.07, 6.45) is 1.82. The molecular formula is C18H13NOS. The van der Waals surface area contributed by atoms with Crippen LogP contribution in [0.3, 0.4) is 0 Å². The molecule has 4 aromatic rings. The average molecular weight is 291 g/mol. The summed E-state index contributed by atoms with van der Waals surface area (Å²) >= 11 is 1.55. The molecule has 0 saturated carbocycles. The number of aryl methyl sites for hydroxylation is 1. The molecule has 2 nitrogen and oxygen atoms in total. The Hall–Kier alpha value is -2.39. The monoisotopic (exact) mass is 291 g/mol. The van der Waals surface area contributed by atoms with E-state index in [-0.39, 0.29) is 5.78 Å². The lowest BCUT2D eigenvalue weighted by Gasteiger charge is -1.97. The molecule has 2 aromatic heterocycles. The van der Waals surface area contributed by atoms with E-state index in [4.69, 9.17) is 0 Å². The van der Waals surface area contributed by atoms with Crippen LogP contribution in [-0.4, -0.2) is 10.8 Å². The van der Waals surface area contributed by atoms with Gasteiger partial charge in [0, 0.05) is 27.4 Å². The van der Waals surface area contributed by atoms with Gasteiger partial charge in [-0.05, 0) is 36.6 Å². The first kappa shape index (κ1) is 12.4. The number of carbonyl (C=O) groups is 1. The van der Waals surface area contributed by atoms with E-state index in [1.54, 1.807) is 11.3 Å². The lowest BCUT2D eigenvalue weighted by Crippen LogP contribution is -1.96. The van der Waals surface area contributed by atoms with Crippen LogP contribution in [0.2, 0.25) is 0 Å². The number of thiophene rings is 1. The molecule has 102 valence electrons. The van der Waals surface area contributed by atoms with E-state index in [1.165, 1.54) is 0 Å². The minimum atomic E-state index is 0.0908. The van der Waals surface area contributed by atoms with Crippen molar-refractivity contribution < 1.29 is 4.79 Å². The van der Waals surface area contributed by atoms with Crippen molar-refractivity contribution in [3.8, 4) is 0 Å². The van der Waals surface area contributed by atoms with Crippen molar-refractivity contribution in [3.63, 3.8) is 0 Å². The number of aromatic nitrogens is 1. The second-order valence-corrected chi connectivity index (χ2v) is 6.31. The van der Waals surface area contributed by atoms with Crippen LogP contribution in [0, 0.1) is 6.92 Å². The molecule has 0 unspecified atom stereocenters.